The van der Waals surface area contributed by atoms with E-state index in [1.54, 1.807) is 12.3 Å². The van der Waals surface area contributed by atoms with E-state index in [9.17, 15) is 4.39 Å². The number of benzene rings is 1. The van der Waals surface area contributed by atoms with Crippen LogP contribution in [-0.4, -0.2) is 17.0 Å². The molecule has 2 aromatic heterocycles. The third kappa shape index (κ3) is 3.19. The maximum Gasteiger partial charge on any atom is 0.168 e. The van der Waals surface area contributed by atoms with Crippen molar-refractivity contribution in [1.29, 1.82) is 0 Å². The van der Waals surface area contributed by atoms with E-state index in [-0.39, 0.29) is 5.82 Å². The first-order valence-electron chi connectivity index (χ1n) is 7.78. The van der Waals surface area contributed by atoms with Crippen LogP contribution in [0, 0.1) is 5.82 Å². The smallest absolute Gasteiger partial charge is 0.168 e. The second-order valence-electron chi connectivity index (χ2n) is 5.47. The number of halogens is 1. The van der Waals surface area contributed by atoms with Crippen LogP contribution in [0.25, 0.3) is 10.9 Å². The number of nitrogens with one attached hydrogen (secondary N) is 2. The summed E-state index contributed by atoms with van der Waals surface area (Å²) in [5.74, 6) is 0.548. The molecule has 23 heavy (non-hydrogen) atoms. The van der Waals surface area contributed by atoms with Crippen LogP contribution < -0.4 is 10.1 Å². The molecule has 1 aromatic carbocycles. The quantitative estimate of drug-likeness (QED) is 0.718. The number of ether oxygens (including phenoxy) is 1. The first kappa shape index (κ1) is 15.5. The highest BCUT2D eigenvalue weighted by molar-refractivity contribution is 5.85. The Balaban J connectivity index is 2.03. The van der Waals surface area contributed by atoms with Crippen LogP contribution in [0.2, 0.25) is 0 Å². The lowest BCUT2D eigenvalue weighted by Crippen LogP contribution is -2.06. The van der Waals surface area contributed by atoms with Crippen molar-refractivity contribution in [3.8, 4) is 11.5 Å². The molecule has 0 saturated carbocycles. The minimum Gasteiger partial charge on any atom is -0.454 e. The molecular weight excluding hydrogens is 293 g/mol. The van der Waals surface area contributed by atoms with Crippen LogP contribution in [0.15, 0.2) is 36.7 Å². The summed E-state index contributed by atoms with van der Waals surface area (Å²) in [6, 6.07) is 7.02. The Bertz CT molecular complexity index is 813. The lowest BCUT2D eigenvalue weighted by Gasteiger charge is -2.14. The van der Waals surface area contributed by atoms with E-state index < -0.39 is 0 Å². The molecule has 0 radical (unpaired) electrons. The average Bonchev–Trinajstić information content (AvgIpc) is 2.99. The number of aromatic nitrogens is 2. The Hall–Kier alpha value is -2.40. The lowest BCUT2D eigenvalue weighted by atomic mass is 10.0. The molecule has 0 aliphatic rings. The molecule has 0 amide bonds. The number of hydrogen-bond acceptors (Lipinski definition) is 3. The lowest BCUT2D eigenvalue weighted by molar-refractivity contribution is 0.436. The van der Waals surface area contributed by atoms with E-state index in [1.165, 1.54) is 6.07 Å². The molecule has 0 unspecified atom stereocenters. The predicted octanol–water partition coefficient (Wildman–Crippen LogP) is 4.17. The van der Waals surface area contributed by atoms with Gasteiger partial charge in [0.05, 0.1) is 5.69 Å². The van der Waals surface area contributed by atoms with E-state index >= 15 is 0 Å². The van der Waals surface area contributed by atoms with Crippen molar-refractivity contribution in [3.05, 3.63) is 53.7 Å². The van der Waals surface area contributed by atoms with Crippen LogP contribution in [0.1, 0.15) is 24.6 Å². The topological polar surface area (TPSA) is 49.9 Å². The van der Waals surface area contributed by atoms with Gasteiger partial charge in [-0.2, -0.15) is 0 Å². The van der Waals surface area contributed by atoms with E-state index in [1.807, 2.05) is 25.4 Å². The zero-order valence-corrected chi connectivity index (χ0v) is 13.3. The van der Waals surface area contributed by atoms with Crippen molar-refractivity contribution in [1.82, 2.24) is 15.3 Å². The van der Waals surface area contributed by atoms with Gasteiger partial charge >= 0.3 is 0 Å². The highest BCUT2D eigenvalue weighted by atomic mass is 19.1. The molecule has 3 rings (SSSR count). The number of aryl methyl sites for hydroxylation is 1. The molecule has 4 nitrogen and oxygen atoms in total. The molecule has 0 fully saturated rings. The molecule has 0 saturated heterocycles. The monoisotopic (exact) mass is 313 g/mol. The normalized spacial score (nSPS) is 11.1. The van der Waals surface area contributed by atoms with Crippen molar-refractivity contribution < 1.29 is 9.13 Å². The molecule has 0 aliphatic carbocycles. The summed E-state index contributed by atoms with van der Waals surface area (Å²) in [7, 11) is 1.86. The summed E-state index contributed by atoms with van der Waals surface area (Å²) in [6.45, 7) is 2.71. The second kappa shape index (κ2) is 6.79. The van der Waals surface area contributed by atoms with Gasteiger partial charge in [0.1, 0.15) is 5.75 Å². The average molecular weight is 313 g/mol. The zero-order chi connectivity index (χ0) is 16.2. The number of pyridine rings is 1. The fraction of sp³-hybridized carbons (Fsp3) is 0.278. The molecule has 2 heterocycles. The predicted molar refractivity (Wildman–Crippen MR) is 89.3 cm³/mol. The minimum absolute atomic E-state index is 0.306. The molecule has 0 spiro atoms. The summed E-state index contributed by atoms with van der Waals surface area (Å²) in [5.41, 5.74) is 2.55. The number of hydrogen-bond donors (Lipinski definition) is 2. The number of fused-ring (bicyclic) bond motifs is 1. The number of aromatic amines is 1. The largest absolute Gasteiger partial charge is 0.454 e. The van der Waals surface area contributed by atoms with Gasteiger partial charge in [-0.15, -0.1) is 0 Å². The number of nitrogens with zero attached hydrogens (tertiary/aromatic N) is 1. The van der Waals surface area contributed by atoms with Crippen molar-refractivity contribution >= 4 is 10.9 Å². The van der Waals surface area contributed by atoms with Gasteiger partial charge < -0.3 is 15.0 Å². The van der Waals surface area contributed by atoms with Crippen LogP contribution in [0.4, 0.5) is 4.39 Å². The number of rotatable bonds is 6. The van der Waals surface area contributed by atoms with Gasteiger partial charge in [0, 0.05) is 47.5 Å². The van der Waals surface area contributed by atoms with E-state index in [2.05, 4.69) is 22.2 Å². The van der Waals surface area contributed by atoms with Crippen LogP contribution in [-0.2, 0) is 13.0 Å². The Morgan fingerprint density at radius 2 is 2.17 bits per heavy atom. The van der Waals surface area contributed by atoms with Gasteiger partial charge in [0.25, 0.3) is 0 Å². The molecule has 0 atom stereocenters. The summed E-state index contributed by atoms with van der Waals surface area (Å²) in [5, 5.41) is 4.05. The summed E-state index contributed by atoms with van der Waals surface area (Å²) < 4.78 is 20.4. The first-order chi connectivity index (χ1) is 11.2. The highest BCUT2D eigenvalue weighted by Crippen LogP contribution is 2.35. The molecular formula is C18H20FN3O. The Morgan fingerprint density at radius 1 is 1.30 bits per heavy atom. The number of H-pyrrole nitrogens is 1. The molecule has 3 aromatic rings. The third-order valence-electron chi connectivity index (χ3n) is 3.73. The second-order valence-corrected chi connectivity index (χ2v) is 5.47. The van der Waals surface area contributed by atoms with Crippen LogP contribution in [0.3, 0.4) is 0 Å². The standard InChI is InChI=1S/C18H20FN3O/c1-3-4-15-14-6-8-22-17(14)10-16(19)18(15)23-13-5-7-21-12(9-13)11-20-2/h5-10,20,22H,3-4,11H2,1-2H3. The summed E-state index contributed by atoms with van der Waals surface area (Å²) in [4.78, 5) is 7.31. The molecule has 0 bridgehead atoms. The zero-order valence-electron chi connectivity index (χ0n) is 13.3. The van der Waals surface area contributed by atoms with Gasteiger partial charge in [0.2, 0.25) is 0 Å². The molecule has 120 valence electrons. The Labute approximate surface area is 134 Å². The van der Waals surface area contributed by atoms with Crippen molar-refractivity contribution in [2.45, 2.75) is 26.3 Å². The van der Waals surface area contributed by atoms with Crippen LogP contribution >= 0.6 is 0 Å². The van der Waals surface area contributed by atoms with Crippen LogP contribution in [0.5, 0.6) is 11.5 Å². The van der Waals surface area contributed by atoms with Crippen molar-refractivity contribution in [2.24, 2.45) is 0 Å². The van der Waals surface area contributed by atoms with E-state index in [4.69, 9.17) is 4.74 Å². The van der Waals surface area contributed by atoms with Gasteiger partial charge in [0.15, 0.2) is 11.6 Å². The molecule has 2 N–H and O–H groups in total. The van der Waals surface area contributed by atoms with Gasteiger partial charge in [-0.3, -0.25) is 4.98 Å². The van der Waals surface area contributed by atoms with Gasteiger partial charge in [-0.05, 0) is 25.6 Å². The highest BCUT2D eigenvalue weighted by Gasteiger charge is 2.16. The Morgan fingerprint density at radius 3 is 2.96 bits per heavy atom. The Kier molecular flexibility index (Phi) is 4.57. The maximum atomic E-state index is 14.5. The first-order valence-corrected chi connectivity index (χ1v) is 7.78. The molecule has 0 aliphatic heterocycles. The van der Waals surface area contributed by atoms with Crippen molar-refractivity contribution in [2.75, 3.05) is 7.05 Å². The maximum absolute atomic E-state index is 14.5. The SMILES string of the molecule is CCCc1c(Oc2ccnc(CNC)c2)c(F)cc2[nH]ccc12. The molecule has 5 heteroatoms. The summed E-state index contributed by atoms with van der Waals surface area (Å²) >= 11 is 0. The van der Waals surface area contributed by atoms with Crippen molar-refractivity contribution in [3.63, 3.8) is 0 Å². The minimum atomic E-state index is -0.352. The summed E-state index contributed by atoms with van der Waals surface area (Å²) in [6.07, 6.45) is 5.18. The van der Waals surface area contributed by atoms with E-state index in [0.717, 1.165) is 35.0 Å². The van der Waals surface area contributed by atoms with Gasteiger partial charge in [-0.25, -0.2) is 4.39 Å². The third-order valence-corrected chi connectivity index (χ3v) is 3.73. The fourth-order valence-electron chi connectivity index (χ4n) is 2.75. The fourth-order valence-corrected chi connectivity index (χ4v) is 2.75. The van der Waals surface area contributed by atoms with E-state index in [0.29, 0.717) is 18.0 Å². The van der Waals surface area contributed by atoms with Gasteiger partial charge in [-0.1, -0.05) is 13.3 Å².